The molecule has 2 aromatic carbocycles. The number of benzene rings is 2. The van der Waals surface area contributed by atoms with Gasteiger partial charge in [-0.05, 0) is 61.8 Å². The lowest BCUT2D eigenvalue weighted by molar-refractivity contribution is -0.120. The first kappa shape index (κ1) is 26.6. The number of methoxy groups -OCH3 is 1. The van der Waals surface area contributed by atoms with Crippen LogP contribution in [0.4, 0.5) is 4.39 Å². The molecular formula is C31H38FN3O3. The molecule has 1 N–H and O–H groups in total. The van der Waals surface area contributed by atoms with E-state index >= 15 is 0 Å². The molecule has 3 heterocycles. The fourth-order valence-electron chi connectivity index (χ4n) is 6.13. The summed E-state index contributed by atoms with van der Waals surface area (Å²) in [6.07, 6.45) is 7.45. The number of ether oxygens (including phenoxy) is 1. The Morgan fingerprint density at radius 2 is 1.79 bits per heavy atom. The number of carbonyl (C=O) groups is 1. The van der Waals surface area contributed by atoms with Crippen molar-refractivity contribution < 1.29 is 19.0 Å². The van der Waals surface area contributed by atoms with E-state index in [2.05, 4.69) is 29.2 Å². The summed E-state index contributed by atoms with van der Waals surface area (Å²) < 4.78 is 21.1. The Kier molecular flexibility index (Phi) is 7.96. The van der Waals surface area contributed by atoms with E-state index in [1.54, 1.807) is 12.1 Å². The number of nitrogens with zero attached hydrogens (tertiary/aromatic N) is 3. The van der Waals surface area contributed by atoms with E-state index < -0.39 is 5.82 Å². The van der Waals surface area contributed by atoms with Crippen LogP contribution in [-0.2, 0) is 17.8 Å². The smallest absolute Gasteiger partial charge is 0.165 e. The highest BCUT2D eigenvalue weighted by molar-refractivity contribution is 5.79. The van der Waals surface area contributed by atoms with Crippen molar-refractivity contribution in [2.45, 2.75) is 77.1 Å². The molecule has 2 aliphatic heterocycles. The van der Waals surface area contributed by atoms with Crippen molar-refractivity contribution in [2.24, 2.45) is 5.92 Å². The van der Waals surface area contributed by atoms with Gasteiger partial charge in [-0.2, -0.15) is 0 Å². The molecule has 38 heavy (non-hydrogen) atoms. The van der Waals surface area contributed by atoms with E-state index in [1.807, 2.05) is 24.6 Å². The summed E-state index contributed by atoms with van der Waals surface area (Å²) >= 11 is 0. The van der Waals surface area contributed by atoms with E-state index in [-0.39, 0.29) is 30.1 Å². The Hall–Kier alpha value is -3.03. The van der Waals surface area contributed by atoms with Crippen LogP contribution in [0.15, 0.2) is 48.7 Å². The molecule has 2 fully saturated rings. The average Bonchev–Trinajstić information content (AvgIpc) is 3.40. The lowest BCUT2D eigenvalue weighted by atomic mass is 9.99. The van der Waals surface area contributed by atoms with Gasteiger partial charge in [0.1, 0.15) is 5.82 Å². The zero-order valence-electron chi connectivity index (χ0n) is 22.6. The molecule has 7 heteroatoms. The monoisotopic (exact) mass is 519 g/mol. The Morgan fingerprint density at radius 3 is 2.45 bits per heavy atom. The number of aliphatic hydroxyl groups is 1. The normalized spacial score (nSPS) is 21.3. The van der Waals surface area contributed by atoms with Crippen molar-refractivity contribution in [1.82, 2.24) is 14.5 Å². The Morgan fingerprint density at radius 1 is 1.11 bits per heavy atom. The Balaban J connectivity index is 1.35. The SMILES string of the molecule is COc1cc(-c2nc(-c3ccc(CCN4C5CCC4CC(O)C5)cc3)cn2CC(=O)CC(C)C)ccc1F. The van der Waals surface area contributed by atoms with Crippen molar-refractivity contribution in [1.29, 1.82) is 0 Å². The molecule has 0 aliphatic carbocycles. The molecule has 1 aromatic heterocycles. The summed E-state index contributed by atoms with van der Waals surface area (Å²) in [5.74, 6) is 0.733. The first-order chi connectivity index (χ1) is 18.3. The number of ketones is 1. The molecule has 3 aromatic rings. The quantitative estimate of drug-likeness (QED) is 0.383. The summed E-state index contributed by atoms with van der Waals surface area (Å²) in [6, 6.07) is 14.2. The molecule has 2 bridgehead atoms. The van der Waals surface area contributed by atoms with Gasteiger partial charge in [-0.15, -0.1) is 0 Å². The lowest BCUT2D eigenvalue weighted by Gasteiger charge is -2.37. The molecule has 0 radical (unpaired) electrons. The molecule has 2 unspecified atom stereocenters. The van der Waals surface area contributed by atoms with Gasteiger partial charge in [0.25, 0.3) is 0 Å². The summed E-state index contributed by atoms with van der Waals surface area (Å²) in [4.78, 5) is 20.2. The maximum atomic E-state index is 14.1. The van der Waals surface area contributed by atoms with Crippen LogP contribution in [0.5, 0.6) is 5.75 Å². The maximum Gasteiger partial charge on any atom is 0.165 e. The molecule has 0 saturated carbocycles. The molecule has 2 atom stereocenters. The van der Waals surface area contributed by atoms with E-state index in [9.17, 15) is 14.3 Å². The molecule has 0 spiro atoms. The molecule has 2 aliphatic rings. The molecule has 202 valence electrons. The number of Topliss-reactive ketones (excluding diaryl/α,β-unsaturated/α-hetero) is 1. The molecule has 6 nitrogen and oxygen atoms in total. The zero-order chi connectivity index (χ0) is 26.8. The number of hydrogen-bond donors (Lipinski definition) is 1. The predicted molar refractivity (Wildman–Crippen MR) is 147 cm³/mol. The number of hydrogen-bond acceptors (Lipinski definition) is 5. The Labute approximate surface area is 224 Å². The van der Waals surface area contributed by atoms with E-state index in [1.165, 1.54) is 31.6 Å². The van der Waals surface area contributed by atoms with Gasteiger partial charge in [0, 0.05) is 42.4 Å². The Bertz CT molecular complexity index is 1260. The first-order valence-electron chi connectivity index (χ1n) is 13.8. The third-order valence-corrected chi connectivity index (χ3v) is 7.94. The van der Waals surface area contributed by atoms with Crippen LogP contribution in [0.25, 0.3) is 22.6 Å². The van der Waals surface area contributed by atoms with Gasteiger partial charge in [0.05, 0.1) is 25.5 Å². The number of piperidine rings is 1. The van der Waals surface area contributed by atoms with Gasteiger partial charge in [-0.3, -0.25) is 9.69 Å². The third kappa shape index (κ3) is 5.84. The van der Waals surface area contributed by atoms with Crippen LogP contribution < -0.4 is 4.74 Å². The molecule has 0 amide bonds. The molecular weight excluding hydrogens is 481 g/mol. The number of rotatable bonds is 10. The minimum atomic E-state index is -0.435. The van der Waals surface area contributed by atoms with Crippen LogP contribution in [0.1, 0.15) is 51.5 Å². The first-order valence-corrected chi connectivity index (χ1v) is 13.8. The fourth-order valence-corrected chi connectivity index (χ4v) is 6.13. The van der Waals surface area contributed by atoms with E-state index in [0.29, 0.717) is 29.9 Å². The van der Waals surface area contributed by atoms with Crippen LogP contribution >= 0.6 is 0 Å². The second-order valence-electron chi connectivity index (χ2n) is 11.3. The van der Waals surface area contributed by atoms with Crippen molar-refractivity contribution >= 4 is 5.78 Å². The van der Waals surface area contributed by atoms with Crippen LogP contribution in [0, 0.1) is 11.7 Å². The number of aliphatic hydroxyl groups excluding tert-OH is 1. The summed E-state index contributed by atoms with van der Waals surface area (Å²) in [6.45, 7) is 5.30. The van der Waals surface area contributed by atoms with Crippen molar-refractivity contribution in [3.63, 3.8) is 0 Å². The van der Waals surface area contributed by atoms with Gasteiger partial charge in [0.2, 0.25) is 0 Å². The van der Waals surface area contributed by atoms with Crippen molar-refractivity contribution in [2.75, 3.05) is 13.7 Å². The van der Waals surface area contributed by atoms with Gasteiger partial charge in [-0.25, -0.2) is 9.37 Å². The minimum absolute atomic E-state index is 0.133. The van der Waals surface area contributed by atoms with Crippen LogP contribution in [-0.4, -0.2) is 57.2 Å². The third-order valence-electron chi connectivity index (χ3n) is 7.94. The van der Waals surface area contributed by atoms with Crippen LogP contribution in [0.3, 0.4) is 0 Å². The highest BCUT2D eigenvalue weighted by Gasteiger charge is 2.39. The largest absolute Gasteiger partial charge is 0.494 e. The van der Waals surface area contributed by atoms with E-state index in [0.717, 1.165) is 37.1 Å². The average molecular weight is 520 g/mol. The summed E-state index contributed by atoms with van der Waals surface area (Å²) in [5.41, 5.74) is 3.72. The van der Waals surface area contributed by atoms with E-state index in [4.69, 9.17) is 9.72 Å². The highest BCUT2D eigenvalue weighted by atomic mass is 19.1. The van der Waals surface area contributed by atoms with Gasteiger partial charge in [-0.1, -0.05) is 38.1 Å². The number of imidazole rings is 1. The zero-order valence-corrected chi connectivity index (χ0v) is 22.6. The van der Waals surface area contributed by atoms with Gasteiger partial charge >= 0.3 is 0 Å². The van der Waals surface area contributed by atoms with Gasteiger partial charge < -0.3 is 14.4 Å². The molecule has 5 rings (SSSR count). The molecule has 2 saturated heterocycles. The number of aromatic nitrogens is 2. The summed E-state index contributed by atoms with van der Waals surface area (Å²) in [5, 5.41) is 10.1. The predicted octanol–water partition coefficient (Wildman–Crippen LogP) is 5.51. The highest BCUT2D eigenvalue weighted by Crippen LogP contribution is 2.36. The second-order valence-corrected chi connectivity index (χ2v) is 11.3. The van der Waals surface area contributed by atoms with Crippen molar-refractivity contribution in [3.8, 4) is 28.4 Å². The number of fused-ring (bicyclic) bond motifs is 2. The maximum absolute atomic E-state index is 14.1. The second kappa shape index (κ2) is 11.4. The topological polar surface area (TPSA) is 67.6 Å². The minimum Gasteiger partial charge on any atom is -0.494 e. The number of halogens is 1. The lowest BCUT2D eigenvalue weighted by Crippen LogP contribution is -2.45. The van der Waals surface area contributed by atoms with Gasteiger partial charge in [0.15, 0.2) is 17.3 Å². The number of carbonyl (C=O) groups excluding carboxylic acids is 1. The standard InChI is InChI=1S/C31H38FN3O3/c1-20(2)14-27(37)18-34-19-29(33-31(34)23-8-11-28(32)30(15-23)38-3)22-6-4-21(5-7-22)12-13-35-24-9-10-25(35)17-26(36)16-24/h4-8,11,15,19-20,24-26,36H,9-10,12-14,16-18H2,1-3H3. The fraction of sp³-hybridized carbons (Fsp3) is 0.484. The van der Waals surface area contributed by atoms with Crippen molar-refractivity contribution in [3.05, 3.63) is 60.0 Å². The van der Waals surface area contributed by atoms with Crippen LogP contribution in [0.2, 0.25) is 0 Å². The summed E-state index contributed by atoms with van der Waals surface area (Å²) in [7, 11) is 1.44.